The molecule has 0 unspecified atom stereocenters. The Balaban J connectivity index is 1.40. The largest absolute Gasteiger partial charge is 0.454 e. The monoisotopic (exact) mass is 484 g/mol. The Morgan fingerprint density at radius 1 is 0.971 bits per heavy atom. The van der Waals surface area contributed by atoms with E-state index in [9.17, 15) is 4.79 Å². The van der Waals surface area contributed by atoms with Crippen LogP contribution < -0.4 is 15.0 Å². The van der Waals surface area contributed by atoms with E-state index < -0.39 is 0 Å². The topological polar surface area (TPSA) is 92.3 Å². The lowest BCUT2D eigenvalue weighted by atomic mass is 10.1. The van der Waals surface area contributed by atoms with Crippen molar-refractivity contribution in [3.05, 3.63) is 88.0 Å². The molecule has 3 heterocycles. The zero-order valence-electron chi connectivity index (χ0n) is 19.0. The van der Waals surface area contributed by atoms with Crippen LogP contribution in [0.3, 0.4) is 0 Å². The Morgan fingerprint density at radius 3 is 2.54 bits per heavy atom. The van der Waals surface area contributed by atoms with Crippen molar-refractivity contribution in [3.8, 4) is 28.6 Å². The lowest BCUT2D eigenvalue weighted by Gasteiger charge is -2.13. The van der Waals surface area contributed by atoms with Crippen LogP contribution in [0.15, 0.2) is 75.1 Å². The van der Waals surface area contributed by atoms with E-state index in [1.54, 1.807) is 16.7 Å². The molecule has 9 heteroatoms. The second-order valence-electron chi connectivity index (χ2n) is 8.21. The van der Waals surface area contributed by atoms with E-state index in [-0.39, 0.29) is 12.4 Å². The molecule has 5 aromatic rings. The number of ether oxygens (including phenoxy) is 2. The number of hydrogen-bond donors (Lipinski definition) is 0. The molecule has 0 aliphatic carbocycles. The average molecular weight is 485 g/mol. The summed E-state index contributed by atoms with van der Waals surface area (Å²) in [5.41, 5.74) is 4.16. The summed E-state index contributed by atoms with van der Waals surface area (Å²) in [6.45, 7) is 4.13. The maximum Gasteiger partial charge on any atom is 0.266 e. The fourth-order valence-corrected chi connectivity index (χ4v) is 4.80. The van der Waals surface area contributed by atoms with Crippen LogP contribution in [0.1, 0.15) is 17.0 Å². The SMILES string of the molecule is Cc1ccc(-n2c(SCc3nc(-c4ccccc4C)no3)nc3cc4c(cc3c2=O)OCO4)cc1. The summed E-state index contributed by atoms with van der Waals surface area (Å²) in [4.78, 5) is 23.0. The number of aryl methyl sites for hydroxylation is 2. The van der Waals surface area contributed by atoms with Gasteiger partial charge >= 0.3 is 0 Å². The predicted molar refractivity (Wildman–Crippen MR) is 132 cm³/mol. The first-order valence-electron chi connectivity index (χ1n) is 11.0. The molecule has 0 atom stereocenters. The van der Waals surface area contributed by atoms with Gasteiger partial charge in [-0.2, -0.15) is 4.98 Å². The normalized spacial score (nSPS) is 12.4. The summed E-state index contributed by atoms with van der Waals surface area (Å²) in [6.07, 6.45) is 0. The van der Waals surface area contributed by atoms with E-state index in [4.69, 9.17) is 19.0 Å². The number of aromatic nitrogens is 4. The molecule has 0 saturated heterocycles. The molecule has 35 heavy (non-hydrogen) atoms. The van der Waals surface area contributed by atoms with Crippen molar-refractivity contribution in [2.24, 2.45) is 0 Å². The maximum absolute atomic E-state index is 13.6. The number of thioether (sulfide) groups is 1. The van der Waals surface area contributed by atoms with Gasteiger partial charge in [0.15, 0.2) is 16.7 Å². The minimum absolute atomic E-state index is 0.125. The summed E-state index contributed by atoms with van der Waals surface area (Å²) in [5.74, 6) is 2.46. The highest BCUT2D eigenvalue weighted by Crippen LogP contribution is 2.35. The zero-order valence-corrected chi connectivity index (χ0v) is 19.8. The van der Waals surface area contributed by atoms with E-state index in [0.717, 1.165) is 22.4 Å². The molecule has 0 amide bonds. The zero-order chi connectivity index (χ0) is 23.9. The number of rotatable bonds is 5. The highest BCUT2D eigenvalue weighted by Gasteiger charge is 2.20. The molecule has 6 rings (SSSR count). The van der Waals surface area contributed by atoms with Crippen molar-refractivity contribution in [3.63, 3.8) is 0 Å². The van der Waals surface area contributed by atoms with Gasteiger partial charge in [0, 0.05) is 11.6 Å². The Hall–Kier alpha value is -4.11. The Labute approximate surface area is 204 Å². The van der Waals surface area contributed by atoms with E-state index in [0.29, 0.717) is 45.0 Å². The maximum atomic E-state index is 13.6. The van der Waals surface area contributed by atoms with Gasteiger partial charge < -0.3 is 14.0 Å². The van der Waals surface area contributed by atoms with Gasteiger partial charge in [-0.05, 0) is 37.6 Å². The Bertz CT molecular complexity index is 1630. The van der Waals surface area contributed by atoms with Crippen LogP contribution in [0.25, 0.3) is 28.0 Å². The van der Waals surface area contributed by atoms with Gasteiger partial charge in [-0.15, -0.1) is 0 Å². The standard InChI is InChI=1S/C26H20N4O4S/c1-15-7-9-17(10-8-15)30-25(31)19-11-21-22(33-14-32-21)12-20(19)27-26(30)35-13-23-28-24(29-34-23)18-6-4-3-5-16(18)2/h3-12H,13-14H2,1-2H3. The number of fused-ring (bicyclic) bond motifs is 2. The summed E-state index contributed by atoms with van der Waals surface area (Å²) >= 11 is 1.36. The molecule has 0 fully saturated rings. The van der Waals surface area contributed by atoms with Gasteiger partial charge in [-0.1, -0.05) is 58.9 Å². The molecule has 0 N–H and O–H groups in total. The van der Waals surface area contributed by atoms with Crippen molar-refractivity contribution in [1.82, 2.24) is 19.7 Å². The third kappa shape index (κ3) is 3.93. The summed E-state index contributed by atoms with van der Waals surface area (Å²) in [5, 5.41) is 5.11. The molecular formula is C26H20N4O4S. The van der Waals surface area contributed by atoms with Crippen LogP contribution in [0.2, 0.25) is 0 Å². The van der Waals surface area contributed by atoms with E-state index in [1.165, 1.54) is 11.8 Å². The highest BCUT2D eigenvalue weighted by atomic mass is 32.2. The van der Waals surface area contributed by atoms with Gasteiger partial charge in [-0.3, -0.25) is 9.36 Å². The van der Waals surface area contributed by atoms with Crippen LogP contribution in [-0.2, 0) is 5.75 Å². The Kier molecular flexibility index (Phi) is 5.26. The van der Waals surface area contributed by atoms with Crippen molar-refractivity contribution >= 4 is 22.7 Å². The van der Waals surface area contributed by atoms with E-state index >= 15 is 0 Å². The van der Waals surface area contributed by atoms with Crippen LogP contribution in [0, 0.1) is 13.8 Å². The molecule has 3 aromatic carbocycles. The lowest BCUT2D eigenvalue weighted by molar-refractivity contribution is 0.174. The lowest BCUT2D eigenvalue weighted by Crippen LogP contribution is -2.21. The van der Waals surface area contributed by atoms with Gasteiger partial charge in [0.25, 0.3) is 5.56 Å². The summed E-state index contributed by atoms with van der Waals surface area (Å²) < 4.78 is 18.1. The van der Waals surface area contributed by atoms with Crippen LogP contribution in [0.5, 0.6) is 11.5 Å². The fourth-order valence-electron chi connectivity index (χ4n) is 3.95. The van der Waals surface area contributed by atoms with Gasteiger partial charge in [-0.25, -0.2) is 4.98 Å². The molecule has 2 aromatic heterocycles. The summed E-state index contributed by atoms with van der Waals surface area (Å²) in [7, 11) is 0. The predicted octanol–water partition coefficient (Wildman–Crippen LogP) is 5.07. The van der Waals surface area contributed by atoms with Crippen molar-refractivity contribution in [1.29, 1.82) is 0 Å². The number of nitrogens with zero attached hydrogens (tertiary/aromatic N) is 4. The van der Waals surface area contributed by atoms with Crippen LogP contribution >= 0.6 is 11.8 Å². The van der Waals surface area contributed by atoms with Crippen molar-refractivity contribution in [2.75, 3.05) is 6.79 Å². The highest BCUT2D eigenvalue weighted by molar-refractivity contribution is 7.98. The first kappa shape index (κ1) is 21.4. The Morgan fingerprint density at radius 2 is 1.74 bits per heavy atom. The second-order valence-corrected chi connectivity index (χ2v) is 9.15. The minimum atomic E-state index is -0.189. The molecule has 8 nitrogen and oxygen atoms in total. The van der Waals surface area contributed by atoms with Gasteiger partial charge in [0.05, 0.1) is 22.3 Å². The van der Waals surface area contributed by atoms with Crippen molar-refractivity contribution < 1.29 is 14.0 Å². The van der Waals surface area contributed by atoms with E-state index in [1.807, 2.05) is 62.4 Å². The molecule has 0 saturated carbocycles. The molecule has 174 valence electrons. The molecule has 1 aliphatic heterocycles. The van der Waals surface area contributed by atoms with Crippen LogP contribution in [-0.4, -0.2) is 26.5 Å². The molecular weight excluding hydrogens is 464 g/mol. The molecule has 0 spiro atoms. The molecule has 1 aliphatic rings. The smallest absolute Gasteiger partial charge is 0.266 e. The minimum Gasteiger partial charge on any atom is -0.454 e. The van der Waals surface area contributed by atoms with Crippen molar-refractivity contribution in [2.45, 2.75) is 24.8 Å². The number of hydrogen-bond acceptors (Lipinski definition) is 8. The van der Waals surface area contributed by atoms with E-state index in [2.05, 4.69) is 10.1 Å². The van der Waals surface area contributed by atoms with Gasteiger partial charge in [0.1, 0.15) is 0 Å². The number of benzene rings is 3. The fraction of sp³-hybridized carbons (Fsp3) is 0.154. The third-order valence-corrected chi connectivity index (χ3v) is 6.73. The molecule has 0 radical (unpaired) electrons. The first-order chi connectivity index (χ1) is 17.1. The average Bonchev–Trinajstić information content (AvgIpc) is 3.52. The first-order valence-corrected chi connectivity index (χ1v) is 12.0. The molecule has 0 bridgehead atoms. The summed E-state index contributed by atoms with van der Waals surface area (Å²) in [6, 6.07) is 19.1. The van der Waals surface area contributed by atoms with Gasteiger partial charge in [0.2, 0.25) is 18.5 Å². The third-order valence-electron chi connectivity index (χ3n) is 5.80. The van der Waals surface area contributed by atoms with Crippen LogP contribution in [0.4, 0.5) is 0 Å². The second kappa shape index (κ2) is 8.59. The quantitative estimate of drug-likeness (QED) is 0.252.